The molecule has 0 aliphatic carbocycles. The second-order valence-corrected chi connectivity index (χ2v) is 13.1. The van der Waals surface area contributed by atoms with Crippen LogP contribution in [0.3, 0.4) is 0 Å². The molecule has 1 aliphatic rings. The van der Waals surface area contributed by atoms with E-state index in [0.29, 0.717) is 41.6 Å². The third-order valence-electron chi connectivity index (χ3n) is 6.19. The van der Waals surface area contributed by atoms with Crippen molar-refractivity contribution in [1.82, 2.24) is 4.90 Å². The first-order chi connectivity index (χ1) is 18.6. The zero-order valence-electron chi connectivity index (χ0n) is 21.7. The van der Waals surface area contributed by atoms with Crippen LogP contribution in [0.15, 0.2) is 81.4 Å². The van der Waals surface area contributed by atoms with E-state index in [9.17, 15) is 21.6 Å². The van der Waals surface area contributed by atoms with Gasteiger partial charge in [0.15, 0.2) is 0 Å². The minimum Gasteiger partial charge on any atom is -0.494 e. The van der Waals surface area contributed by atoms with E-state index in [1.165, 1.54) is 48.2 Å². The van der Waals surface area contributed by atoms with Gasteiger partial charge in [0.25, 0.3) is 26.0 Å². The second-order valence-electron chi connectivity index (χ2n) is 8.91. The number of carbonyl (C=O) groups excluding carboxylic acids is 1. The highest BCUT2D eigenvalue weighted by molar-refractivity contribution is 7.98. The minimum absolute atomic E-state index is 0.0296. The highest BCUT2D eigenvalue weighted by atomic mass is 32.2. The molecule has 3 aromatic rings. The van der Waals surface area contributed by atoms with E-state index >= 15 is 0 Å². The van der Waals surface area contributed by atoms with Crippen LogP contribution < -0.4 is 14.2 Å². The number of thioether (sulfide) groups is 1. The molecule has 208 valence electrons. The van der Waals surface area contributed by atoms with Crippen molar-refractivity contribution in [2.45, 2.75) is 40.9 Å². The summed E-state index contributed by atoms with van der Waals surface area (Å²) in [6, 6.07) is 16.4. The number of piperidine rings is 1. The van der Waals surface area contributed by atoms with E-state index in [0.717, 1.165) is 19.3 Å². The van der Waals surface area contributed by atoms with Crippen molar-refractivity contribution in [3.05, 3.63) is 72.3 Å². The van der Waals surface area contributed by atoms with Crippen molar-refractivity contribution in [2.75, 3.05) is 35.4 Å². The van der Waals surface area contributed by atoms with Crippen LogP contribution >= 0.6 is 11.8 Å². The average Bonchev–Trinajstić information content (AvgIpc) is 2.94. The van der Waals surface area contributed by atoms with Gasteiger partial charge in [0.05, 0.1) is 22.0 Å². The third kappa shape index (κ3) is 7.06. The van der Waals surface area contributed by atoms with Crippen molar-refractivity contribution < 1.29 is 26.4 Å². The van der Waals surface area contributed by atoms with Crippen LogP contribution in [0.25, 0.3) is 0 Å². The summed E-state index contributed by atoms with van der Waals surface area (Å²) in [5, 5.41) is 0. The SMILES string of the molecule is CCOc1ccc(NS(=O)(=O)c2ccc(NS(=O)(=O)c3ccc(SC)c(C(=O)N4CCCCC4)c3)cc2)cc1. The number of carbonyl (C=O) groups is 1. The van der Waals surface area contributed by atoms with Gasteiger partial charge in [-0.25, -0.2) is 16.8 Å². The smallest absolute Gasteiger partial charge is 0.261 e. The van der Waals surface area contributed by atoms with E-state index in [-0.39, 0.29) is 21.4 Å². The van der Waals surface area contributed by atoms with Crippen LogP contribution in [0, 0.1) is 0 Å². The van der Waals surface area contributed by atoms with Gasteiger partial charge in [-0.3, -0.25) is 14.2 Å². The molecule has 39 heavy (non-hydrogen) atoms. The first-order valence-corrected chi connectivity index (χ1v) is 16.7. The summed E-state index contributed by atoms with van der Waals surface area (Å²) >= 11 is 1.39. The summed E-state index contributed by atoms with van der Waals surface area (Å²) in [5.41, 5.74) is 0.911. The number of nitrogens with one attached hydrogen (secondary N) is 2. The second kappa shape index (κ2) is 12.3. The Bertz CT molecular complexity index is 1520. The summed E-state index contributed by atoms with van der Waals surface area (Å²) in [6.45, 7) is 3.67. The summed E-state index contributed by atoms with van der Waals surface area (Å²) in [4.78, 5) is 15.6. The van der Waals surface area contributed by atoms with Crippen LogP contribution in [-0.2, 0) is 20.0 Å². The maximum atomic E-state index is 13.2. The largest absolute Gasteiger partial charge is 0.494 e. The lowest BCUT2D eigenvalue weighted by molar-refractivity contribution is 0.0720. The zero-order chi connectivity index (χ0) is 28.0. The van der Waals surface area contributed by atoms with E-state index in [1.54, 1.807) is 35.2 Å². The normalized spacial score (nSPS) is 14.1. The molecule has 0 aromatic heterocycles. The molecule has 12 heteroatoms. The average molecular weight is 590 g/mol. The van der Waals surface area contributed by atoms with Gasteiger partial charge in [0, 0.05) is 29.4 Å². The molecule has 1 fully saturated rings. The van der Waals surface area contributed by atoms with Crippen LogP contribution in [0.1, 0.15) is 36.5 Å². The van der Waals surface area contributed by atoms with Crippen molar-refractivity contribution >= 4 is 49.1 Å². The Kier molecular flexibility index (Phi) is 9.08. The molecule has 0 bridgehead atoms. The molecule has 3 aromatic carbocycles. The van der Waals surface area contributed by atoms with Gasteiger partial charge in [-0.15, -0.1) is 11.8 Å². The lowest BCUT2D eigenvalue weighted by atomic mass is 10.1. The predicted octanol–water partition coefficient (Wildman–Crippen LogP) is 5.03. The molecular weight excluding hydrogens is 559 g/mol. The highest BCUT2D eigenvalue weighted by Gasteiger charge is 2.24. The highest BCUT2D eigenvalue weighted by Crippen LogP contribution is 2.28. The third-order valence-corrected chi connectivity index (χ3v) is 9.76. The van der Waals surface area contributed by atoms with Gasteiger partial charge in [-0.1, -0.05) is 0 Å². The molecule has 1 amide bonds. The molecule has 1 saturated heterocycles. The van der Waals surface area contributed by atoms with Crippen LogP contribution in [0.5, 0.6) is 5.75 Å². The zero-order valence-corrected chi connectivity index (χ0v) is 24.2. The first kappa shape index (κ1) is 28.8. The summed E-state index contributed by atoms with van der Waals surface area (Å²) in [7, 11) is -7.93. The minimum atomic E-state index is -4.04. The summed E-state index contributed by atoms with van der Waals surface area (Å²) in [5.74, 6) is 0.453. The Morgan fingerprint density at radius 2 is 1.36 bits per heavy atom. The van der Waals surface area contributed by atoms with Gasteiger partial charge >= 0.3 is 0 Å². The molecule has 2 N–H and O–H groups in total. The van der Waals surface area contributed by atoms with E-state index in [4.69, 9.17) is 4.74 Å². The molecule has 0 atom stereocenters. The number of ether oxygens (including phenoxy) is 1. The molecular formula is C27H31N3O6S3. The Labute approximate surface area is 234 Å². The Hall–Kier alpha value is -3.22. The topological polar surface area (TPSA) is 122 Å². The number of anilines is 2. The summed E-state index contributed by atoms with van der Waals surface area (Å²) in [6.07, 6.45) is 4.78. The van der Waals surface area contributed by atoms with Gasteiger partial charge in [0.2, 0.25) is 0 Å². The Morgan fingerprint density at radius 3 is 1.92 bits per heavy atom. The number of nitrogens with zero attached hydrogens (tertiary/aromatic N) is 1. The number of rotatable bonds is 10. The van der Waals surface area contributed by atoms with E-state index in [1.807, 2.05) is 13.2 Å². The van der Waals surface area contributed by atoms with Crippen molar-refractivity contribution in [1.29, 1.82) is 0 Å². The number of likely N-dealkylation sites (tertiary alicyclic amines) is 1. The number of amides is 1. The van der Waals surface area contributed by atoms with E-state index in [2.05, 4.69) is 9.44 Å². The van der Waals surface area contributed by atoms with Crippen LogP contribution in [0.4, 0.5) is 11.4 Å². The number of hydrogen-bond acceptors (Lipinski definition) is 7. The molecule has 0 spiro atoms. The fourth-order valence-electron chi connectivity index (χ4n) is 4.20. The molecule has 1 aliphatic heterocycles. The van der Waals surface area contributed by atoms with Gasteiger partial charge in [-0.2, -0.15) is 0 Å². The van der Waals surface area contributed by atoms with Crippen LogP contribution in [0.2, 0.25) is 0 Å². The molecule has 9 nitrogen and oxygen atoms in total. The van der Waals surface area contributed by atoms with Crippen LogP contribution in [-0.4, -0.2) is 53.6 Å². The maximum Gasteiger partial charge on any atom is 0.261 e. The quantitative estimate of drug-likeness (QED) is 0.318. The number of benzene rings is 3. The van der Waals surface area contributed by atoms with Gasteiger partial charge < -0.3 is 9.64 Å². The van der Waals surface area contributed by atoms with Crippen molar-refractivity contribution in [3.63, 3.8) is 0 Å². The molecule has 4 rings (SSSR count). The summed E-state index contributed by atoms with van der Waals surface area (Å²) < 4.78 is 62.3. The maximum absolute atomic E-state index is 13.2. The standard InChI is InChI=1S/C27H31N3O6S3/c1-3-36-22-11-7-20(8-12-22)28-38(32,33)23-13-9-21(10-14-23)29-39(34,35)24-15-16-26(37-2)25(19-24)27(31)30-17-5-4-6-18-30/h7-16,19,28-29H,3-6,17-18H2,1-2H3. The van der Waals surface area contributed by atoms with Gasteiger partial charge in [0.1, 0.15) is 5.75 Å². The Balaban J connectivity index is 1.50. The first-order valence-electron chi connectivity index (χ1n) is 12.5. The monoisotopic (exact) mass is 589 g/mol. The van der Waals surface area contributed by atoms with Gasteiger partial charge in [-0.05, 0) is 99.2 Å². The molecule has 0 saturated carbocycles. The number of hydrogen-bond donors (Lipinski definition) is 2. The molecule has 0 unspecified atom stereocenters. The fraction of sp³-hybridized carbons (Fsp3) is 0.296. The van der Waals surface area contributed by atoms with Crippen molar-refractivity contribution in [2.24, 2.45) is 0 Å². The molecule has 0 radical (unpaired) electrons. The number of sulfonamides is 2. The lowest BCUT2D eigenvalue weighted by Crippen LogP contribution is -2.36. The van der Waals surface area contributed by atoms with Crippen molar-refractivity contribution in [3.8, 4) is 5.75 Å². The molecule has 1 heterocycles. The Morgan fingerprint density at radius 1 is 0.821 bits per heavy atom. The lowest BCUT2D eigenvalue weighted by Gasteiger charge is -2.27. The predicted molar refractivity (Wildman–Crippen MR) is 154 cm³/mol. The van der Waals surface area contributed by atoms with E-state index < -0.39 is 20.0 Å². The fourth-order valence-corrected chi connectivity index (χ4v) is 6.92.